The molecule has 0 atom stereocenters. The number of nitrogens with zero attached hydrogens (tertiary/aromatic N) is 1. The van der Waals surface area contributed by atoms with Crippen LogP contribution in [0.3, 0.4) is 0 Å². The van der Waals surface area contributed by atoms with Gasteiger partial charge in [0, 0.05) is 23.3 Å². The number of anilines is 1. The minimum absolute atomic E-state index is 0.0500. The quantitative estimate of drug-likeness (QED) is 0.483. The highest BCUT2D eigenvalue weighted by atomic mass is 35.5. The molecular weight excluding hydrogens is 353 g/mol. The maximum atomic E-state index is 13.2. The first-order valence-electron chi connectivity index (χ1n) is 7.14. The highest BCUT2D eigenvalue weighted by molar-refractivity contribution is 6.39. The van der Waals surface area contributed by atoms with Crippen LogP contribution in [0.5, 0.6) is 0 Å². The molecule has 130 valence electrons. The van der Waals surface area contributed by atoms with Crippen molar-refractivity contribution in [3.05, 3.63) is 69.0 Å². The van der Waals surface area contributed by atoms with Crippen LogP contribution < -0.4 is 10.6 Å². The van der Waals surface area contributed by atoms with Crippen molar-refractivity contribution in [2.45, 2.75) is 6.42 Å². The zero-order valence-corrected chi connectivity index (χ0v) is 13.5. The molecule has 0 bridgehead atoms. The van der Waals surface area contributed by atoms with E-state index in [1.54, 1.807) is 24.3 Å². The number of hydrogen-bond donors (Lipinski definition) is 2. The van der Waals surface area contributed by atoms with Gasteiger partial charge in [-0.3, -0.25) is 19.7 Å². The predicted molar refractivity (Wildman–Crippen MR) is 89.8 cm³/mol. The van der Waals surface area contributed by atoms with Gasteiger partial charge in [0.25, 0.3) is 0 Å². The van der Waals surface area contributed by atoms with Crippen LogP contribution in [-0.4, -0.2) is 23.3 Å². The molecule has 0 spiro atoms. The first kappa shape index (κ1) is 18.3. The van der Waals surface area contributed by atoms with Crippen LogP contribution in [0.4, 0.5) is 15.8 Å². The molecule has 0 saturated carbocycles. The Hall–Kier alpha value is -3.00. The number of nitrogens with one attached hydrogen (secondary N) is 2. The standard InChI is InChI=1S/C16H13ClFN3O4/c17-11-3-1-10(2-4-11)7-8-19-15(22)16(23)20-12-5-6-13(18)14(9-12)21(24)25/h1-6,9H,7-8H2,(H,19,22)(H,20,23). The Kier molecular flexibility index (Phi) is 6.02. The Morgan fingerprint density at radius 1 is 1.12 bits per heavy atom. The van der Waals surface area contributed by atoms with Crippen LogP contribution in [0.25, 0.3) is 0 Å². The number of hydrogen-bond acceptors (Lipinski definition) is 4. The number of amides is 2. The van der Waals surface area contributed by atoms with E-state index in [-0.39, 0.29) is 12.2 Å². The molecule has 0 heterocycles. The molecule has 2 aromatic carbocycles. The summed E-state index contributed by atoms with van der Waals surface area (Å²) in [7, 11) is 0. The van der Waals surface area contributed by atoms with Crippen LogP contribution >= 0.6 is 11.6 Å². The molecule has 2 rings (SSSR count). The average molecular weight is 366 g/mol. The lowest BCUT2D eigenvalue weighted by molar-refractivity contribution is -0.387. The fourth-order valence-electron chi connectivity index (χ4n) is 1.97. The molecule has 0 radical (unpaired) electrons. The molecule has 0 unspecified atom stereocenters. The van der Waals surface area contributed by atoms with Crippen LogP contribution in [0.2, 0.25) is 5.02 Å². The van der Waals surface area contributed by atoms with Gasteiger partial charge in [-0.1, -0.05) is 23.7 Å². The SMILES string of the molecule is O=C(NCCc1ccc(Cl)cc1)C(=O)Nc1ccc(F)c([N+](=O)[O-])c1. The first-order chi connectivity index (χ1) is 11.9. The smallest absolute Gasteiger partial charge is 0.313 e. The molecule has 9 heteroatoms. The number of rotatable bonds is 5. The molecule has 2 amide bonds. The van der Waals surface area contributed by atoms with Gasteiger partial charge >= 0.3 is 17.5 Å². The molecule has 0 aromatic heterocycles. The van der Waals surface area contributed by atoms with E-state index in [1.165, 1.54) is 0 Å². The zero-order valence-electron chi connectivity index (χ0n) is 12.8. The summed E-state index contributed by atoms with van der Waals surface area (Å²) in [5.74, 6) is -2.94. The fraction of sp³-hybridized carbons (Fsp3) is 0.125. The molecule has 0 fully saturated rings. The normalized spacial score (nSPS) is 10.2. The maximum Gasteiger partial charge on any atom is 0.313 e. The van der Waals surface area contributed by atoms with Gasteiger partial charge in [0.05, 0.1) is 4.92 Å². The average Bonchev–Trinajstić information content (AvgIpc) is 2.58. The summed E-state index contributed by atoms with van der Waals surface area (Å²) in [4.78, 5) is 33.2. The van der Waals surface area contributed by atoms with Gasteiger partial charge in [0.1, 0.15) is 0 Å². The van der Waals surface area contributed by atoms with E-state index >= 15 is 0 Å². The molecule has 0 aliphatic carbocycles. The third kappa shape index (κ3) is 5.25. The molecule has 0 aliphatic heterocycles. The van der Waals surface area contributed by atoms with Gasteiger partial charge in [0.2, 0.25) is 5.82 Å². The summed E-state index contributed by atoms with van der Waals surface area (Å²) < 4.78 is 13.2. The highest BCUT2D eigenvalue weighted by Crippen LogP contribution is 2.21. The van der Waals surface area contributed by atoms with Crippen LogP contribution in [0.1, 0.15) is 5.56 Å². The largest absolute Gasteiger partial charge is 0.347 e. The van der Waals surface area contributed by atoms with Crippen molar-refractivity contribution in [2.75, 3.05) is 11.9 Å². The zero-order chi connectivity index (χ0) is 18.4. The van der Waals surface area contributed by atoms with E-state index in [1.807, 2.05) is 0 Å². The number of carbonyl (C=O) groups is 2. The van der Waals surface area contributed by atoms with E-state index in [0.29, 0.717) is 11.4 Å². The third-order valence-electron chi connectivity index (χ3n) is 3.22. The molecule has 0 saturated heterocycles. The lowest BCUT2D eigenvalue weighted by Crippen LogP contribution is -2.36. The van der Waals surface area contributed by atoms with Crippen molar-refractivity contribution < 1.29 is 18.9 Å². The fourth-order valence-corrected chi connectivity index (χ4v) is 2.10. The van der Waals surface area contributed by atoms with Crippen LogP contribution in [0.15, 0.2) is 42.5 Å². The topological polar surface area (TPSA) is 101 Å². The summed E-state index contributed by atoms with van der Waals surface area (Å²) in [6.45, 7) is 0.220. The van der Waals surface area contributed by atoms with Crippen molar-refractivity contribution in [3.63, 3.8) is 0 Å². The van der Waals surface area contributed by atoms with Crippen molar-refractivity contribution in [1.82, 2.24) is 5.32 Å². The predicted octanol–water partition coefficient (Wildman–Crippen LogP) is 2.68. The Labute approximate surface area is 146 Å². The first-order valence-corrected chi connectivity index (χ1v) is 7.52. The molecule has 0 aliphatic rings. The number of nitro benzene ring substituents is 1. The second kappa shape index (κ2) is 8.20. The second-order valence-corrected chi connectivity index (χ2v) is 5.45. The summed E-state index contributed by atoms with van der Waals surface area (Å²) in [5, 5.41) is 15.9. The lowest BCUT2D eigenvalue weighted by atomic mass is 10.1. The van der Waals surface area contributed by atoms with Gasteiger partial charge in [-0.2, -0.15) is 4.39 Å². The van der Waals surface area contributed by atoms with Crippen LogP contribution in [0, 0.1) is 15.9 Å². The van der Waals surface area contributed by atoms with Crippen molar-refractivity contribution in [1.29, 1.82) is 0 Å². The van der Waals surface area contributed by atoms with Crippen LogP contribution in [-0.2, 0) is 16.0 Å². The Morgan fingerprint density at radius 2 is 1.80 bits per heavy atom. The van der Waals surface area contributed by atoms with Gasteiger partial charge in [0.15, 0.2) is 0 Å². The minimum Gasteiger partial charge on any atom is -0.347 e. The summed E-state index contributed by atoms with van der Waals surface area (Å²) in [6.07, 6.45) is 0.498. The molecular formula is C16H13ClFN3O4. The summed E-state index contributed by atoms with van der Waals surface area (Å²) >= 11 is 5.77. The summed E-state index contributed by atoms with van der Waals surface area (Å²) in [5.41, 5.74) is 0.0890. The van der Waals surface area contributed by atoms with Crippen molar-refractivity contribution in [3.8, 4) is 0 Å². The highest BCUT2D eigenvalue weighted by Gasteiger charge is 2.18. The Balaban J connectivity index is 1.88. The monoisotopic (exact) mass is 365 g/mol. The molecule has 2 N–H and O–H groups in total. The molecule has 25 heavy (non-hydrogen) atoms. The minimum atomic E-state index is -1.03. The van der Waals surface area contributed by atoms with E-state index in [0.717, 1.165) is 23.8 Å². The van der Waals surface area contributed by atoms with E-state index in [2.05, 4.69) is 10.6 Å². The van der Waals surface area contributed by atoms with E-state index in [9.17, 15) is 24.1 Å². The van der Waals surface area contributed by atoms with Gasteiger partial charge < -0.3 is 10.6 Å². The second-order valence-electron chi connectivity index (χ2n) is 5.01. The lowest BCUT2D eigenvalue weighted by Gasteiger charge is -2.07. The number of nitro groups is 1. The number of halogens is 2. The molecule has 7 nitrogen and oxygen atoms in total. The Bertz CT molecular complexity index is 812. The van der Waals surface area contributed by atoms with E-state index in [4.69, 9.17) is 11.6 Å². The van der Waals surface area contributed by atoms with Gasteiger partial charge in [-0.15, -0.1) is 0 Å². The molecule has 2 aromatic rings. The number of benzene rings is 2. The maximum absolute atomic E-state index is 13.2. The Morgan fingerprint density at radius 3 is 2.44 bits per heavy atom. The van der Waals surface area contributed by atoms with Crippen molar-refractivity contribution in [2.24, 2.45) is 0 Å². The van der Waals surface area contributed by atoms with Gasteiger partial charge in [-0.05, 0) is 36.2 Å². The third-order valence-corrected chi connectivity index (χ3v) is 3.47. The van der Waals surface area contributed by atoms with Gasteiger partial charge in [-0.25, -0.2) is 0 Å². The van der Waals surface area contributed by atoms with Crippen molar-refractivity contribution >= 4 is 34.8 Å². The summed E-state index contributed by atoms with van der Waals surface area (Å²) in [6, 6.07) is 9.83. The van der Waals surface area contributed by atoms with E-state index < -0.39 is 28.2 Å². The number of carbonyl (C=O) groups excluding carboxylic acids is 2.